The van der Waals surface area contributed by atoms with Gasteiger partial charge in [-0.25, -0.2) is 0 Å². The van der Waals surface area contributed by atoms with Gasteiger partial charge in [-0.1, -0.05) is 17.4 Å². The van der Waals surface area contributed by atoms with E-state index in [-0.39, 0.29) is 18.4 Å². The zero-order valence-electron chi connectivity index (χ0n) is 12.7. The Labute approximate surface area is 136 Å². The third-order valence-corrected chi connectivity index (χ3v) is 3.96. The van der Waals surface area contributed by atoms with Crippen molar-refractivity contribution >= 4 is 44.9 Å². The second-order valence-electron chi connectivity index (χ2n) is 5.04. The first kappa shape index (κ1) is 15.2. The minimum atomic E-state index is -0.177. The molecular formula is C15H15N5O2S. The number of carbonyl (C=O) groups excluding carboxylic acids is 2. The molecule has 0 fully saturated rings. The molecule has 118 valence electrons. The van der Waals surface area contributed by atoms with Crippen LogP contribution >= 0.6 is 11.3 Å². The lowest BCUT2D eigenvalue weighted by Gasteiger charge is -2.07. The normalized spacial score (nSPS) is 10.7. The van der Waals surface area contributed by atoms with E-state index in [1.54, 1.807) is 0 Å². The Morgan fingerprint density at radius 1 is 1.22 bits per heavy atom. The lowest BCUT2D eigenvalue weighted by atomic mass is 10.2. The van der Waals surface area contributed by atoms with E-state index in [1.807, 2.05) is 42.0 Å². The molecular weight excluding hydrogens is 314 g/mol. The lowest BCUT2D eigenvalue weighted by Crippen LogP contribution is -2.18. The first-order chi connectivity index (χ1) is 11.0. The number of nitrogens with one attached hydrogen (secondary N) is 2. The fourth-order valence-corrected chi connectivity index (χ4v) is 2.93. The van der Waals surface area contributed by atoms with Gasteiger partial charge >= 0.3 is 0 Å². The minimum Gasteiger partial charge on any atom is -0.338 e. The first-order valence-corrected chi connectivity index (χ1v) is 7.80. The summed E-state index contributed by atoms with van der Waals surface area (Å²) in [5.74, 6) is -0.307. The van der Waals surface area contributed by atoms with Gasteiger partial charge in [0.25, 0.3) is 0 Å². The number of hydrogen-bond donors (Lipinski definition) is 2. The highest BCUT2D eigenvalue weighted by atomic mass is 32.1. The van der Waals surface area contributed by atoms with Crippen LogP contribution in [0.5, 0.6) is 0 Å². The van der Waals surface area contributed by atoms with E-state index in [0.29, 0.717) is 5.13 Å². The highest BCUT2D eigenvalue weighted by Gasteiger charge is 2.11. The van der Waals surface area contributed by atoms with Crippen molar-refractivity contribution < 1.29 is 9.59 Å². The summed E-state index contributed by atoms with van der Waals surface area (Å²) in [6, 6.07) is 7.46. The van der Waals surface area contributed by atoms with Gasteiger partial charge in [0.1, 0.15) is 11.6 Å². The third kappa shape index (κ3) is 3.37. The molecule has 0 saturated heterocycles. The van der Waals surface area contributed by atoms with Gasteiger partial charge in [-0.3, -0.25) is 14.9 Å². The summed E-state index contributed by atoms with van der Waals surface area (Å²) < 4.78 is 1.82. The van der Waals surface area contributed by atoms with Crippen LogP contribution in [-0.2, 0) is 16.1 Å². The van der Waals surface area contributed by atoms with Crippen molar-refractivity contribution in [2.24, 2.45) is 0 Å². The number of fused-ring (bicyclic) bond motifs is 1. The number of hydrogen-bond acceptors (Lipinski definition) is 5. The van der Waals surface area contributed by atoms with Gasteiger partial charge in [0.15, 0.2) is 0 Å². The molecule has 2 aromatic heterocycles. The number of aromatic nitrogens is 3. The molecule has 0 unspecified atom stereocenters. The molecule has 2 heterocycles. The van der Waals surface area contributed by atoms with Gasteiger partial charge in [-0.2, -0.15) is 0 Å². The molecule has 0 aliphatic heterocycles. The summed E-state index contributed by atoms with van der Waals surface area (Å²) in [4.78, 5) is 23.4. The van der Waals surface area contributed by atoms with Gasteiger partial charge in [-0.05, 0) is 25.1 Å². The predicted molar refractivity (Wildman–Crippen MR) is 89.5 cm³/mol. The number of amides is 2. The monoisotopic (exact) mass is 329 g/mol. The molecule has 3 rings (SSSR count). The summed E-state index contributed by atoms with van der Waals surface area (Å²) in [6.07, 6.45) is 1.82. The molecule has 8 heteroatoms. The summed E-state index contributed by atoms with van der Waals surface area (Å²) in [5, 5.41) is 15.4. The Hall–Kier alpha value is -2.74. The molecule has 0 spiro atoms. The van der Waals surface area contributed by atoms with E-state index >= 15 is 0 Å². The maximum Gasteiger partial charge on any atom is 0.246 e. The Morgan fingerprint density at radius 3 is 2.74 bits per heavy atom. The van der Waals surface area contributed by atoms with Crippen molar-refractivity contribution in [1.82, 2.24) is 14.8 Å². The molecule has 23 heavy (non-hydrogen) atoms. The highest BCUT2D eigenvalue weighted by molar-refractivity contribution is 7.15. The van der Waals surface area contributed by atoms with Gasteiger partial charge < -0.3 is 9.88 Å². The SMILES string of the molecule is CC(=O)Nc1cccc2c1ccn2CC(=O)Nc1nnc(C)s1. The van der Waals surface area contributed by atoms with Crippen molar-refractivity contribution in [2.75, 3.05) is 10.6 Å². The van der Waals surface area contributed by atoms with Crippen LogP contribution in [0.4, 0.5) is 10.8 Å². The number of rotatable bonds is 4. The van der Waals surface area contributed by atoms with Crippen LogP contribution in [0.1, 0.15) is 11.9 Å². The van der Waals surface area contributed by atoms with Crippen molar-refractivity contribution in [3.8, 4) is 0 Å². The molecule has 3 aromatic rings. The smallest absolute Gasteiger partial charge is 0.246 e. The largest absolute Gasteiger partial charge is 0.338 e. The first-order valence-electron chi connectivity index (χ1n) is 6.98. The van der Waals surface area contributed by atoms with E-state index in [9.17, 15) is 9.59 Å². The molecule has 7 nitrogen and oxygen atoms in total. The van der Waals surface area contributed by atoms with Crippen molar-refractivity contribution in [1.29, 1.82) is 0 Å². The zero-order valence-corrected chi connectivity index (χ0v) is 13.5. The molecule has 0 aliphatic rings. The van der Waals surface area contributed by atoms with Crippen LogP contribution in [-0.4, -0.2) is 26.6 Å². The Bertz CT molecular complexity index is 883. The van der Waals surface area contributed by atoms with E-state index in [4.69, 9.17) is 0 Å². The van der Waals surface area contributed by atoms with Crippen LogP contribution < -0.4 is 10.6 Å². The van der Waals surface area contributed by atoms with Gasteiger partial charge in [0.05, 0.1) is 11.2 Å². The number of aryl methyl sites for hydroxylation is 1. The summed E-state index contributed by atoms with van der Waals surface area (Å²) in [6.45, 7) is 3.45. The topological polar surface area (TPSA) is 88.9 Å². The van der Waals surface area contributed by atoms with E-state index in [1.165, 1.54) is 18.3 Å². The fourth-order valence-electron chi connectivity index (χ4n) is 2.32. The predicted octanol–water partition coefficient (Wildman–Crippen LogP) is 2.40. The van der Waals surface area contributed by atoms with Crippen LogP contribution in [0.15, 0.2) is 30.5 Å². The average Bonchev–Trinajstić information content (AvgIpc) is 3.06. The summed E-state index contributed by atoms with van der Waals surface area (Å²) in [5.41, 5.74) is 1.61. The summed E-state index contributed by atoms with van der Waals surface area (Å²) in [7, 11) is 0. The standard InChI is InChI=1S/C15H15N5O2S/c1-9(21)16-12-4-3-5-13-11(12)6-7-20(13)8-14(22)17-15-19-18-10(2)23-15/h3-7H,8H2,1-2H3,(H,16,21)(H,17,19,22). The zero-order chi connectivity index (χ0) is 16.4. The molecule has 0 aliphatic carbocycles. The molecule has 2 N–H and O–H groups in total. The summed E-state index contributed by atoms with van der Waals surface area (Å²) >= 11 is 1.33. The maximum atomic E-state index is 12.1. The maximum absolute atomic E-state index is 12.1. The second kappa shape index (κ2) is 6.17. The Balaban J connectivity index is 1.80. The van der Waals surface area contributed by atoms with Crippen molar-refractivity contribution in [2.45, 2.75) is 20.4 Å². The Morgan fingerprint density at radius 2 is 2.04 bits per heavy atom. The highest BCUT2D eigenvalue weighted by Crippen LogP contribution is 2.24. The lowest BCUT2D eigenvalue weighted by molar-refractivity contribution is -0.116. The van der Waals surface area contributed by atoms with Crippen LogP contribution in [0.25, 0.3) is 10.9 Å². The van der Waals surface area contributed by atoms with E-state index < -0.39 is 0 Å². The van der Waals surface area contributed by atoms with Crippen molar-refractivity contribution in [3.63, 3.8) is 0 Å². The number of carbonyl (C=O) groups is 2. The molecule has 1 aromatic carbocycles. The van der Waals surface area contributed by atoms with Gasteiger partial charge in [-0.15, -0.1) is 10.2 Å². The molecule has 2 amide bonds. The van der Waals surface area contributed by atoms with Gasteiger partial charge in [0, 0.05) is 18.5 Å². The average molecular weight is 329 g/mol. The van der Waals surface area contributed by atoms with Crippen LogP contribution in [0.2, 0.25) is 0 Å². The molecule has 0 radical (unpaired) electrons. The van der Waals surface area contributed by atoms with Crippen LogP contribution in [0, 0.1) is 6.92 Å². The second-order valence-corrected chi connectivity index (χ2v) is 6.22. The number of benzene rings is 1. The minimum absolute atomic E-state index is 0.130. The Kier molecular flexibility index (Phi) is 4.07. The van der Waals surface area contributed by atoms with E-state index in [2.05, 4.69) is 20.8 Å². The fraction of sp³-hybridized carbons (Fsp3) is 0.200. The molecule has 0 saturated carbocycles. The molecule has 0 bridgehead atoms. The number of nitrogens with zero attached hydrogens (tertiary/aromatic N) is 3. The quantitative estimate of drug-likeness (QED) is 0.769. The van der Waals surface area contributed by atoms with E-state index in [0.717, 1.165) is 21.6 Å². The van der Waals surface area contributed by atoms with Crippen LogP contribution in [0.3, 0.4) is 0 Å². The van der Waals surface area contributed by atoms with Crippen molar-refractivity contribution in [3.05, 3.63) is 35.5 Å². The molecule has 0 atom stereocenters. The number of anilines is 2. The third-order valence-electron chi connectivity index (χ3n) is 3.21. The van der Waals surface area contributed by atoms with Gasteiger partial charge in [0.2, 0.25) is 16.9 Å².